The van der Waals surface area contributed by atoms with Crippen molar-refractivity contribution in [2.75, 3.05) is 0 Å². The van der Waals surface area contributed by atoms with Crippen molar-refractivity contribution in [1.29, 1.82) is 0 Å². The standard InChI is InChI=1S/C19H28O2/c1-18-9-7-13(20)11-12(18)3-4-14-15-5-6-17(21)19(15,2)10-8-16(14)18/h7,9,12-16,20H,3-6,8,10-11H2,1-2H3/t12?,13?,14-,15-,16-,18-,19-/m0/s1. The molecule has 0 spiro atoms. The third-order valence-electron chi connectivity index (χ3n) is 7.88. The van der Waals surface area contributed by atoms with E-state index in [2.05, 4.69) is 19.9 Å². The Morgan fingerprint density at radius 1 is 1.14 bits per heavy atom. The molecule has 0 aliphatic heterocycles. The summed E-state index contributed by atoms with van der Waals surface area (Å²) in [6, 6.07) is 0. The lowest BCUT2D eigenvalue weighted by molar-refractivity contribution is -0.134. The van der Waals surface area contributed by atoms with E-state index in [1.165, 1.54) is 19.3 Å². The second-order valence-electron chi connectivity index (χ2n) is 8.60. The molecule has 0 aromatic carbocycles. The lowest BCUT2D eigenvalue weighted by Crippen LogP contribution is -2.52. The van der Waals surface area contributed by atoms with Crippen molar-refractivity contribution in [3.63, 3.8) is 0 Å². The van der Waals surface area contributed by atoms with Crippen LogP contribution in [0.5, 0.6) is 0 Å². The molecule has 2 unspecified atom stereocenters. The van der Waals surface area contributed by atoms with E-state index in [0.29, 0.717) is 17.6 Å². The van der Waals surface area contributed by atoms with E-state index in [0.717, 1.165) is 37.5 Å². The van der Waals surface area contributed by atoms with Gasteiger partial charge in [-0.3, -0.25) is 4.79 Å². The fraction of sp³-hybridized carbons (Fsp3) is 0.842. The molecule has 7 atom stereocenters. The zero-order chi connectivity index (χ0) is 14.8. The van der Waals surface area contributed by atoms with Crippen molar-refractivity contribution in [3.05, 3.63) is 12.2 Å². The van der Waals surface area contributed by atoms with Crippen LogP contribution in [-0.4, -0.2) is 17.0 Å². The Bertz CT molecular complexity index is 496. The van der Waals surface area contributed by atoms with Crippen LogP contribution in [0.2, 0.25) is 0 Å². The van der Waals surface area contributed by atoms with Crippen molar-refractivity contribution >= 4 is 5.78 Å². The number of hydrogen-bond acceptors (Lipinski definition) is 2. The molecule has 2 nitrogen and oxygen atoms in total. The number of ketones is 1. The summed E-state index contributed by atoms with van der Waals surface area (Å²) in [6.07, 6.45) is 11.8. The van der Waals surface area contributed by atoms with Gasteiger partial charge in [0.05, 0.1) is 6.10 Å². The largest absolute Gasteiger partial charge is 0.389 e. The molecule has 3 saturated carbocycles. The first-order valence-corrected chi connectivity index (χ1v) is 8.86. The number of allylic oxidation sites excluding steroid dienone is 1. The summed E-state index contributed by atoms with van der Waals surface area (Å²) in [7, 11) is 0. The topological polar surface area (TPSA) is 37.3 Å². The molecular formula is C19H28O2. The number of hydrogen-bond donors (Lipinski definition) is 1. The van der Waals surface area contributed by atoms with Gasteiger partial charge >= 0.3 is 0 Å². The lowest BCUT2D eigenvalue weighted by atomic mass is 9.46. The Morgan fingerprint density at radius 2 is 1.95 bits per heavy atom. The minimum Gasteiger partial charge on any atom is -0.389 e. The normalized spacial score (nSPS) is 55.8. The summed E-state index contributed by atoms with van der Waals surface area (Å²) in [5.74, 6) is 3.26. The molecule has 4 aliphatic carbocycles. The van der Waals surface area contributed by atoms with Gasteiger partial charge in [0.2, 0.25) is 0 Å². The fourth-order valence-corrected chi connectivity index (χ4v) is 6.56. The van der Waals surface area contributed by atoms with Crippen LogP contribution in [0.15, 0.2) is 12.2 Å². The number of carbonyl (C=O) groups excluding carboxylic acids is 1. The Hall–Kier alpha value is -0.630. The summed E-state index contributed by atoms with van der Waals surface area (Å²) in [5.41, 5.74) is 0.247. The van der Waals surface area contributed by atoms with Gasteiger partial charge in [0.15, 0.2) is 0 Å². The van der Waals surface area contributed by atoms with E-state index in [4.69, 9.17) is 0 Å². The average molecular weight is 288 g/mol. The SMILES string of the molecule is C[C@]12C=CC(O)CC1CC[C@@H]1[C@@H]2CC[C@]2(C)C(=O)CC[C@@H]12. The van der Waals surface area contributed by atoms with Crippen LogP contribution in [0.3, 0.4) is 0 Å². The zero-order valence-electron chi connectivity index (χ0n) is 13.3. The summed E-state index contributed by atoms with van der Waals surface area (Å²) in [5, 5.41) is 9.95. The third kappa shape index (κ3) is 1.78. The van der Waals surface area contributed by atoms with Gasteiger partial charge in [0.25, 0.3) is 0 Å². The van der Waals surface area contributed by atoms with Crippen molar-refractivity contribution in [1.82, 2.24) is 0 Å². The average Bonchev–Trinajstić information content (AvgIpc) is 2.76. The van der Waals surface area contributed by atoms with E-state index in [1.807, 2.05) is 6.08 Å². The van der Waals surface area contributed by atoms with Crippen molar-refractivity contribution in [2.24, 2.45) is 34.5 Å². The third-order valence-corrected chi connectivity index (χ3v) is 7.88. The number of aliphatic hydroxyl groups is 1. The van der Waals surface area contributed by atoms with E-state index < -0.39 is 0 Å². The van der Waals surface area contributed by atoms with Crippen LogP contribution in [0.4, 0.5) is 0 Å². The molecule has 21 heavy (non-hydrogen) atoms. The van der Waals surface area contributed by atoms with Crippen LogP contribution < -0.4 is 0 Å². The molecular weight excluding hydrogens is 260 g/mol. The number of Topliss-reactive ketones (excluding diaryl/α,β-unsaturated/α-hetero) is 1. The van der Waals surface area contributed by atoms with Gasteiger partial charge in [0.1, 0.15) is 5.78 Å². The molecule has 4 rings (SSSR count). The van der Waals surface area contributed by atoms with E-state index in [9.17, 15) is 9.90 Å². The second-order valence-corrected chi connectivity index (χ2v) is 8.60. The van der Waals surface area contributed by atoms with Crippen molar-refractivity contribution in [3.8, 4) is 0 Å². The first-order valence-electron chi connectivity index (χ1n) is 8.86. The summed E-state index contributed by atoms with van der Waals surface area (Å²) in [6.45, 7) is 4.68. The smallest absolute Gasteiger partial charge is 0.139 e. The molecule has 0 bridgehead atoms. The molecule has 0 saturated heterocycles. The molecule has 0 amide bonds. The zero-order valence-corrected chi connectivity index (χ0v) is 13.3. The molecule has 0 heterocycles. The summed E-state index contributed by atoms with van der Waals surface area (Å²) >= 11 is 0. The summed E-state index contributed by atoms with van der Waals surface area (Å²) in [4.78, 5) is 12.4. The quantitative estimate of drug-likeness (QED) is 0.690. The highest BCUT2D eigenvalue weighted by molar-refractivity contribution is 5.87. The van der Waals surface area contributed by atoms with Gasteiger partial charge in [-0.15, -0.1) is 0 Å². The molecule has 4 aliphatic rings. The van der Waals surface area contributed by atoms with Gasteiger partial charge in [-0.1, -0.05) is 26.0 Å². The van der Waals surface area contributed by atoms with Gasteiger partial charge in [-0.25, -0.2) is 0 Å². The highest BCUT2D eigenvalue weighted by Gasteiger charge is 2.59. The van der Waals surface area contributed by atoms with Crippen molar-refractivity contribution in [2.45, 2.75) is 64.9 Å². The minimum atomic E-state index is -0.235. The van der Waals surface area contributed by atoms with Crippen LogP contribution in [0, 0.1) is 34.5 Å². The number of rotatable bonds is 0. The predicted molar refractivity (Wildman–Crippen MR) is 82.6 cm³/mol. The van der Waals surface area contributed by atoms with Gasteiger partial charge in [-0.05, 0) is 67.6 Å². The van der Waals surface area contributed by atoms with Crippen LogP contribution in [0.1, 0.15) is 58.8 Å². The summed E-state index contributed by atoms with van der Waals surface area (Å²) < 4.78 is 0. The number of aliphatic hydroxyl groups excluding tert-OH is 1. The maximum absolute atomic E-state index is 12.4. The highest BCUT2D eigenvalue weighted by atomic mass is 16.3. The maximum atomic E-state index is 12.4. The predicted octanol–water partition coefficient (Wildman–Crippen LogP) is 3.74. The van der Waals surface area contributed by atoms with Crippen LogP contribution in [0.25, 0.3) is 0 Å². The second kappa shape index (κ2) is 4.44. The number of fused-ring (bicyclic) bond motifs is 5. The molecule has 3 fully saturated rings. The van der Waals surface area contributed by atoms with E-state index >= 15 is 0 Å². The lowest BCUT2D eigenvalue weighted by Gasteiger charge is -2.58. The van der Waals surface area contributed by atoms with Crippen molar-refractivity contribution < 1.29 is 9.90 Å². The highest BCUT2D eigenvalue weighted by Crippen LogP contribution is 2.64. The first-order chi connectivity index (χ1) is 9.95. The number of carbonyl (C=O) groups is 1. The minimum absolute atomic E-state index is 0.0116. The van der Waals surface area contributed by atoms with E-state index in [-0.39, 0.29) is 16.9 Å². The molecule has 0 radical (unpaired) electrons. The van der Waals surface area contributed by atoms with Gasteiger partial charge in [0, 0.05) is 11.8 Å². The van der Waals surface area contributed by atoms with Crippen LogP contribution in [-0.2, 0) is 4.79 Å². The van der Waals surface area contributed by atoms with Crippen LogP contribution >= 0.6 is 0 Å². The molecule has 116 valence electrons. The molecule has 2 heteroatoms. The Balaban J connectivity index is 1.68. The fourth-order valence-electron chi connectivity index (χ4n) is 6.56. The molecule has 0 aromatic rings. The van der Waals surface area contributed by atoms with Gasteiger partial charge < -0.3 is 5.11 Å². The molecule has 1 N–H and O–H groups in total. The monoisotopic (exact) mass is 288 g/mol. The van der Waals surface area contributed by atoms with Gasteiger partial charge in [-0.2, -0.15) is 0 Å². The Morgan fingerprint density at radius 3 is 2.76 bits per heavy atom. The Labute approximate surface area is 128 Å². The molecule has 0 aromatic heterocycles. The first kappa shape index (κ1) is 14.0. The maximum Gasteiger partial charge on any atom is 0.139 e. The Kier molecular flexibility index (Phi) is 2.96. The van der Waals surface area contributed by atoms with E-state index in [1.54, 1.807) is 0 Å².